The van der Waals surface area contributed by atoms with Gasteiger partial charge in [0.05, 0.1) is 11.6 Å². The van der Waals surface area contributed by atoms with E-state index < -0.39 is 16.1 Å². The molecule has 0 saturated carbocycles. The monoisotopic (exact) mass is 462 g/mol. The maximum atomic E-state index is 13.3. The molecule has 0 bridgehead atoms. The van der Waals surface area contributed by atoms with Crippen molar-refractivity contribution in [2.45, 2.75) is 37.8 Å². The third kappa shape index (κ3) is 6.05. The smallest absolute Gasteiger partial charge is 0.245 e. The van der Waals surface area contributed by atoms with Gasteiger partial charge in [-0.05, 0) is 43.5 Å². The second-order valence-corrected chi connectivity index (χ2v) is 9.80. The van der Waals surface area contributed by atoms with Crippen molar-refractivity contribution < 1.29 is 13.5 Å². The second-order valence-electron chi connectivity index (χ2n) is 7.90. The summed E-state index contributed by atoms with van der Waals surface area (Å²) in [6.07, 6.45) is 9.15. The number of rotatable bonds is 4. The first kappa shape index (κ1) is 24.6. The van der Waals surface area contributed by atoms with Gasteiger partial charge in [0.25, 0.3) is 0 Å². The zero-order valence-corrected chi connectivity index (χ0v) is 19.9. The van der Waals surface area contributed by atoms with E-state index in [4.69, 9.17) is 0 Å². The number of aromatic nitrogens is 1. The summed E-state index contributed by atoms with van der Waals surface area (Å²) in [6, 6.07) is 16.4. The van der Waals surface area contributed by atoms with Gasteiger partial charge in [-0.2, -0.15) is 4.31 Å². The predicted molar refractivity (Wildman–Crippen MR) is 134 cm³/mol. The molecule has 1 unspecified atom stereocenters. The van der Waals surface area contributed by atoms with Crippen LogP contribution in [0.3, 0.4) is 0 Å². The van der Waals surface area contributed by atoms with Gasteiger partial charge in [-0.1, -0.05) is 78.9 Å². The third-order valence-corrected chi connectivity index (χ3v) is 7.27. The molecule has 2 aromatic carbocycles. The molecule has 1 aliphatic rings. The first-order chi connectivity index (χ1) is 15.9. The molecule has 3 aromatic rings. The number of hydrogen-bond acceptors (Lipinski definition) is 4. The van der Waals surface area contributed by atoms with Crippen molar-refractivity contribution in [3.05, 3.63) is 108 Å². The Morgan fingerprint density at radius 2 is 1.85 bits per heavy atom. The number of benzene rings is 2. The summed E-state index contributed by atoms with van der Waals surface area (Å²) < 4.78 is 27.9. The van der Waals surface area contributed by atoms with Crippen molar-refractivity contribution in [1.82, 2.24) is 9.29 Å². The first-order valence-corrected chi connectivity index (χ1v) is 12.3. The summed E-state index contributed by atoms with van der Waals surface area (Å²) in [7, 11) is -3.78. The Morgan fingerprint density at radius 3 is 2.58 bits per heavy atom. The van der Waals surface area contributed by atoms with Crippen molar-refractivity contribution >= 4 is 20.9 Å². The zero-order valence-electron chi connectivity index (χ0n) is 19.1. The minimum absolute atomic E-state index is 0.0697. The highest BCUT2D eigenvalue weighted by Crippen LogP contribution is 2.28. The molecule has 1 aliphatic heterocycles. The summed E-state index contributed by atoms with van der Waals surface area (Å²) in [4.78, 5) is 4.44. The van der Waals surface area contributed by atoms with Crippen LogP contribution in [0, 0.1) is 0 Å². The van der Waals surface area contributed by atoms with Gasteiger partial charge in [0.15, 0.2) is 0 Å². The van der Waals surface area contributed by atoms with Gasteiger partial charge in [-0.25, -0.2) is 8.42 Å². The number of fused-ring (bicyclic) bond motifs is 2. The van der Waals surface area contributed by atoms with E-state index in [0.29, 0.717) is 11.9 Å². The maximum absolute atomic E-state index is 13.3. The molecule has 0 spiro atoms. The zero-order chi connectivity index (χ0) is 23.8. The number of sulfonamides is 1. The van der Waals surface area contributed by atoms with Gasteiger partial charge in [0.1, 0.15) is 4.90 Å². The molecule has 0 aliphatic carbocycles. The van der Waals surface area contributed by atoms with E-state index in [2.05, 4.69) is 11.6 Å². The van der Waals surface area contributed by atoms with Crippen LogP contribution in [-0.2, 0) is 23.0 Å². The topological polar surface area (TPSA) is 70.5 Å². The molecule has 0 amide bonds. The summed E-state index contributed by atoms with van der Waals surface area (Å²) in [5.41, 5.74) is 3.57. The molecular formula is C27H30N2O3S. The van der Waals surface area contributed by atoms with Crippen molar-refractivity contribution in [1.29, 1.82) is 0 Å². The van der Waals surface area contributed by atoms with E-state index in [-0.39, 0.29) is 18.0 Å². The fourth-order valence-electron chi connectivity index (χ4n) is 3.64. The maximum Gasteiger partial charge on any atom is 0.245 e. The largest absolute Gasteiger partial charge is 0.391 e. The lowest BCUT2D eigenvalue weighted by molar-refractivity contribution is 0.150. The number of aliphatic hydroxyl groups excluding tert-OH is 1. The summed E-state index contributed by atoms with van der Waals surface area (Å²) in [6.45, 7) is 7.94. The quantitative estimate of drug-likeness (QED) is 0.552. The Hall–Kier alpha value is -3.06. The molecule has 0 radical (unpaired) electrons. The molecule has 6 heteroatoms. The number of aliphatic hydroxyl groups is 1. The summed E-state index contributed by atoms with van der Waals surface area (Å²) >= 11 is 0. The SMILES string of the molecule is C=C/C(C)=C\C=C/C.O=S(=O)(c1cccc2cccnc12)N1Cc2ccccc2CC(O)C1. The molecule has 172 valence electrons. The van der Waals surface area contributed by atoms with Crippen LogP contribution in [0.25, 0.3) is 10.9 Å². The molecule has 1 atom stereocenters. The van der Waals surface area contributed by atoms with Crippen LogP contribution in [0.15, 0.2) is 102 Å². The third-order valence-electron chi connectivity index (χ3n) is 5.42. The molecule has 2 heterocycles. The Bertz CT molecular complexity index is 1270. The van der Waals surface area contributed by atoms with E-state index in [9.17, 15) is 13.5 Å². The summed E-state index contributed by atoms with van der Waals surface area (Å²) in [5.74, 6) is 0. The molecule has 1 aromatic heterocycles. The van der Waals surface area contributed by atoms with Crippen molar-refractivity contribution in [3.8, 4) is 0 Å². The Morgan fingerprint density at radius 1 is 1.12 bits per heavy atom. The highest BCUT2D eigenvalue weighted by atomic mass is 32.2. The Labute approximate surface area is 196 Å². The van der Waals surface area contributed by atoms with Crippen LogP contribution in [0.1, 0.15) is 25.0 Å². The van der Waals surface area contributed by atoms with E-state index >= 15 is 0 Å². The van der Waals surface area contributed by atoms with E-state index in [1.165, 1.54) is 9.88 Å². The molecular weight excluding hydrogens is 432 g/mol. The lowest BCUT2D eigenvalue weighted by Crippen LogP contribution is -2.36. The number of hydrogen-bond donors (Lipinski definition) is 1. The normalized spacial score (nSPS) is 17.2. The van der Waals surface area contributed by atoms with Gasteiger partial charge in [0, 0.05) is 24.7 Å². The highest BCUT2D eigenvalue weighted by molar-refractivity contribution is 7.89. The molecule has 0 fully saturated rings. The molecule has 5 nitrogen and oxygen atoms in total. The molecule has 0 saturated heterocycles. The summed E-state index contributed by atoms with van der Waals surface area (Å²) in [5, 5.41) is 11.1. The van der Waals surface area contributed by atoms with Crippen LogP contribution < -0.4 is 0 Å². The number of β-amino-alcohol motifs (C(OH)–C–C–N with tert-alkyl or cyclic N) is 1. The molecule has 33 heavy (non-hydrogen) atoms. The minimum atomic E-state index is -3.78. The van der Waals surface area contributed by atoms with Crippen LogP contribution in [0.2, 0.25) is 0 Å². The van der Waals surface area contributed by atoms with E-state index in [1.807, 2.05) is 74.5 Å². The molecule has 4 rings (SSSR count). The Kier molecular flexibility index (Phi) is 8.33. The first-order valence-electron chi connectivity index (χ1n) is 10.9. The van der Waals surface area contributed by atoms with Crippen molar-refractivity contribution in [2.75, 3.05) is 6.54 Å². The highest BCUT2D eigenvalue weighted by Gasteiger charge is 2.31. The van der Waals surface area contributed by atoms with Crippen LogP contribution >= 0.6 is 0 Å². The van der Waals surface area contributed by atoms with Gasteiger partial charge in [0.2, 0.25) is 10.0 Å². The fraction of sp³-hybridized carbons (Fsp3) is 0.222. The van der Waals surface area contributed by atoms with Gasteiger partial charge in [-0.15, -0.1) is 0 Å². The van der Waals surface area contributed by atoms with E-state index in [1.54, 1.807) is 24.4 Å². The fourth-order valence-corrected chi connectivity index (χ4v) is 5.26. The van der Waals surface area contributed by atoms with Crippen LogP contribution in [0.5, 0.6) is 0 Å². The number of allylic oxidation sites excluding steroid dienone is 5. The van der Waals surface area contributed by atoms with Gasteiger partial charge >= 0.3 is 0 Å². The van der Waals surface area contributed by atoms with Gasteiger partial charge in [-0.3, -0.25) is 4.98 Å². The van der Waals surface area contributed by atoms with Crippen LogP contribution in [-0.4, -0.2) is 35.5 Å². The van der Waals surface area contributed by atoms with Crippen molar-refractivity contribution in [2.24, 2.45) is 0 Å². The van der Waals surface area contributed by atoms with E-state index in [0.717, 1.165) is 16.5 Å². The average molecular weight is 463 g/mol. The van der Waals surface area contributed by atoms with Crippen LogP contribution in [0.4, 0.5) is 0 Å². The lowest BCUT2D eigenvalue weighted by atomic mass is 10.0. The number of nitrogens with zero attached hydrogens (tertiary/aromatic N) is 2. The molecule has 1 N–H and O–H groups in total. The van der Waals surface area contributed by atoms with Crippen molar-refractivity contribution in [3.63, 3.8) is 0 Å². The Balaban J connectivity index is 0.000000331. The second kappa shape index (κ2) is 11.2. The predicted octanol–water partition coefficient (Wildman–Crippen LogP) is 5.04. The average Bonchev–Trinajstić information content (AvgIpc) is 3.01. The lowest BCUT2D eigenvalue weighted by Gasteiger charge is -2.22. The number of pyridine rings is 1. The number of para-hydroxylation sites is 1. The standard InChI is InChI=1S/C19H18N2O3S.C8H12/c22-17-11-15-5-1-2-6-16(15)12-21(13-17)25(23,24)18-9-3-7-14-8-4-10-20-19(14)18;1-4-6-7-8(3)5-2/h1-10,17,22H,11-13H2;4-7H,2H2,1,3H3/b;6-4-,8-7-. The minimum Gasteiger partial charge on any atom is -0.391 e. The van der Waals surface area contributed by atoms with Gasteiger partial charge < -0.3 is 5.11 Å².